The summed E-state index contributed by atoms with van der Waals surface area (Å²) in [6, 6.07) is 19.7. The van der Waals surface area contributed by atoms with E-state index in [0.29, 0.717) is 13.1 Å². The molecule has 3 rings (SSSR count). The lowest BCUT2D eigenvalue weighted by atomic mass is 10.1. The average Bonchev–Trinajstić information content (AvgIpc) is 2.79. The number of benzene rings is 2. The van der Waals surface area contributed by atoms with E-state index in [1.807, 2.05) is 12.1 Å². The number of ether oxygens (including phenoxy) is 1. The van der Waals surface area contributed by atoms with E-state index in [1.165, 1.54) is 11.1 Å². The smallest absolute Gasteiger partial charge is 0.250 e. The van der Waals surface area contributed by atoms with Crippen molar-refractivity contribution in [1.82, 2.24) is 15.2 Å². The fraction of sp³-hybridized carbons (Fsp3) is 0.280. The lowest BCUT2D eigenvalue weighted by molar-refractivity contribution is 0.409. The minimum Gasteiger partial charge on any atom is -0.496 e. The Morgan fingerprint density at radius 1 is 1.03 bits per heavy atom. The van der Waals surface area contributed by atoms with E-state index in [9.17, 15) is 4.79 Å². The van der Waals surface area contributed by atoms with E-state index in [-0.39, 0.29) is 5.56 Å². The summed E-state index contributed by atoms with van der Waals surface area (Å²) in [5.41, 5.74) is 4.64. The third kappa shape index (κ3) is 6.47. The number of guanidine groups is 1. The molecule has 31 heavy (non-hydrogen) atoms. The number of hydrogen-bond acceptors (Lipinski definition) is 3. The second-order valence-electron chi connectivity index (χ2n) is 7.40. The van der Waals surface area contributed by atoms with Gasteiger partial charge in [-0.05, 0) is 42.2 Å². The van der Waals surface area contributed by atoms with Crippen LogP contribution >= 0.6 is 0 Å². The van der Waals surface area contributed by atoms with E-state index < -0.39 is 0 Å². The third-order valence-corrected chi connectivity index (χ3v) is 5.08. The van der Waals surface area contributed by atoms with E-state index in [4.69, 9.17) is 4.74 Å². The number of aromatic nitrogens is 1. The Hall–Kier alpha value is -3.54. The van der Waals surface area contributed by atoms with Crippen LogP contribution in [0.15, 0.2) is 76.6 Å². The molecule has 6 nitrogen and oxygen atoms in total. The molecule has 162 valence electrons. The SMILES string of the molecule is CN=C(NCCc1cc(C)ccc1OC)NCc1ccc(Cn2ccccc2=O)cc1. The van der Waals surface area contributed by atoms with Crippen molar-refractivity contribution in [3.63, 3.8) is 0 Å². The molecule has 0 saturated heterocycles. The molecule has 0 fully saturated rings. The monoisotopic (exact) mass is 418 g/mol. The van der Waals surface area contributed by atoms with Crippen LogP contribution in [0, 0.1) is 6.92 Å². The van der Waals surface area contributed by atoms with Gasteiger partial charge in [-0.1, -0.05) is 48.0 Å². The van der Waals surface area contributed by atoms with E-state index in [2.05, 4.69) is 58.9 Å². The van der Waals surface area contributed by atoms with E-state index in [1.54, 1.807) is 37.1 Å². The van der Waals surface area contributed by atoms with Gasteiger partial charge in [0.15, 0.2) is 5.96 Å². The number of hydrogen-bond donors (Lipinski definition) is 2. The molecule has 2 N–H and O–H groups in total. The van der Waals surface area contributed by atoms with Crippen LogP contribution in [0.1, 0.15) is 22.3 Å². The van der Waals surface area contributed by atoms with Crippen LogP contribution in [-0.2, 0) is 19.5 Å². The Balaban J connectivity index is 1.49. The van der Waals surface area contributed by atoms with Gasteiger partial charge in [0.25, 0.3) is 5.56 Å². The van der Waals surface area contributed by atoms with Crippen LogP contribution in [0.5, 0.6) is 5.75 Å². The fourth-order valence-electron chi connectivity index (χ4n) is 3.38. The first-order valence-corrected chi connectivity index (χ1v) is 10.4. The number of nitrogens with one attached hydrogen (secondary N) is 2. The summed E-state index contributed by atoms with van der Waals surface area (Å²) in [5, 5.41) is 6.70. The highest BCUT2D eigenvalue weighted by Gasteiger charge is 2.05. The largest absolute Gasteiger partial charge is 0.496 e. The molecule has 2 aromatic carbocycles. The zero-order valence-electron chi connectivity index (χ0n) is 18.4. The number of aryl methyl sites for hydroxylation is 1. The van der Waals surface area contributed by atoms with Crippen molar-refractivity contribution < 1.29 is 4.74 Å². The second-order valence-corrected chi connectivity index (χ2v) is 7.40. The summed E-state index contributed by atoms with van der Waals surface area (Å²) < 4.78 is 7.15. The Morgan fingerprint density at radius 3 is 2.52 bits per heavy atom. The van der Waals surface area contributed by atoms with Crippen LogP contribution in [0.25, 0.3) is 0 Å². The van der Waals surface area contributed by atoms with Crippen LogP contribution in [-0.4, -0.2) is 31.2 Å². The van der Waals surface area contributed by atoms with Crippen LogP contribution in [0.2, 0.25) is 0 Å². The minimum absolute atomic E-state index is 0.00593. The topological polar surface area (TPSA) is 67.7 Å². The fourth-order valence-corrected chi connectivity index (χ4v) is 3.38. The normalized spacial score (nSPS) is 11.3. The maximum absolute atomic E-state index is 11.9. The molecule has 1 aromatic heterocycles. The molecule has 0 aliphatic heterocycles. The first kappa shape index (κ1) is 22.2. The van der Waals surface area contributed by atoms with Gasteiger partial charge < -0.3 is 19.9 Å². The molecule has 6 heteroatoms. The summed E-state index contributed by atoms with van der Waals surface area (Å²) in [4.78, 5) is 16.2. The van der Waals surface area contributed by atoms with Gasteiger partial charge in [0, 0.05) is 32.4 Å². The summed E-state index contributed by atoms with van der Waals surface area (Å²) in [6.07, 6.45) is 2.65. The number of aliphatic imine (C=N–C) groups is 1. The molecule has 0 aliphatic rings. The van der Waals surface area contributed by atoms with Gasteiger partial charge in [0.2, 0.25) is 0 Å². The molecule has 0 aliphatic carbocycles. The molecule has 0 bridgehead atoms. The summed E-state index contributed by atoms with van der Waals surface area (Å²) >= 11 is 0. The van der Waals surface area contributed by atoms with Crippen molar-refractivity contribution in [3.05, 3.63) is 99.5 Å². The zero-order valence-corrected chi connectivity index (χ0v) is 18.4. The number of pyridine rings is 1. The lowest BCUT2D eigenvalue weighted by Crippen LogP contribution is -2.37. The molecule has 1 heterocycles. The van der Waals surface area contributed by atoms with Gasteiger partial charge in [0.05, 0.1) is 13.7 Å². The Morgan fingerprint density at radius 2 is 1.81 bits per heavy atom. The molecule has 0 spiro atoms. The summed E-state index contributed by atoms with van der Waals surface area (Å²) in [6.45, 7) is 4.07. The van der Waals surface area contributed by atoms with Gasteiger partial charge >= 0.3 is 0 Å². The standard InChI is InChI=1S/C25H30N4O2/c1-19-7-12-23(31-3)22(16-19)13-14-27-25(26-2)28-17-20-8-10-21(11-9-20)18-29-15-5-4-6-24(29)30/h4-12,15-16H,13-14,17-18H2,1-3H3,(H2,26,27,28). The number of nitrogens with zero attached hydrogens (tertiary/aromatic N) is 2. The summed E-state index contributed by atoms with van der Waals surface area (Å²) in [5.74, 6) is 1.67. The van der Waals surface area contributed by atoms with E-state index in [0.717, 1.165) is 35.8 Å². The molecular weight excluding hydrogens is 388 g/mol. The minimum atomic E-state index is 0.00593. The second kappa shape index (κ2) is 11.0. The van der Waals surface area contributed by atoms with Crippen molar-refractivity contribution in [3.8, 4) is 5.75 Å². The first-order chi connectivity index (χ1) is 15.1. The van der Waals surface area contributed by atoms with Gasteiger partial charge in [0.1, 0.15) is 5.75 Å². The molecule has 0 atom stereocenters. The quantitative estimate of drug-likeness (QED) is 0.436. The maximum Gasteiger partial charge on any atom is 0.250 e. The summed E-state index contributed by atoms with van der Waals surface area (Å²) in [7, 11) is 3.47. The maximum atomic E-state index is 11.9. The van der Waals surface area contributed by atoms with E-state index >= 15 is 0 Å². The first-order valence-electron chi connectivity index (χ1n) is 10.4. The molecule has 0 saturated carbocycles. The Kier molecular flexibility index (Phi) is 7.87. The third-order valence-electron chi connectivity index (χ3n) is 5.08. The average molecular weight is 419 g/mol. The van der Waals surface area contributed by atoms with Crippen molar-refractivity contribution >= 4 is 5.96 Å². The van der Waals surface area contributed by atoms with Crippen molar-refractivity contribution in [2.24, 2.45) is 4.99 Å². The molecule has 0 radical (unpaired) electrons. The number of rotatable bonds is 8. The highest BCUT2D eigenvalue weighted by atomic mass is 16.5. The predicted octanol–water partition coefficient (Wildman–Crippen LogP) is 3.12. The van der Waals surface area contributed by atoms with Crippen molar-refractivity contribution in [2.75, 3.05) is 20.7 Å². The van der Waals surface area contributed by atoms with Gasteiger partial charge in [-0.15, -0.1) is 0 Å². The zero-order chi connectivity index (χ0) is 22.1. The van der Waals surface area contributed by atoms with Crippen molar-refractivity contribution in [1.29, 1.82) is 0 Å². The predicted molar refractivity (Wildman–Crippen MR) is 126 cm³/mol. The van der Waals surface area contributed by atoms with Gasteiger partial charge in [-0.2, -0.15) is 0 Å². The molecule has 0 unspecified atom stereocenters. The van der Waals surface area contributed by atoms with Crippen LogP contribution in [0.4, 0.5) is 0 Å². The highest BCUT2D eigenvalue weighted by Crippen LogP contribution is 2.19. The Bertz CT molecular complexity index is 1070. The van der Waals surface area contributed by atoms with Crippen LogP contribution < -0.4 is 20.9 Å². The number of methoxy groups -OCH3 is 1. The van der Waals surface area contributed by atoms with Crippen LogP contribution in [0.3, 0.4) is 0 Å². The van der Waals surface area contributed by atoms with Gasteiger partial charge in [-0.25, -0.2) is 0 Å². The Labute approximate surface area is 183 Å². The highest BCUT2D eigenvalue weighted by molar-refractivity contribution is 5.79. The lowest BCUT2D eigenvalue weighted by Gasteiger charge is -2.14. The molecule has 3 aromatic rings. The molecule has 0 amide bonds. The van der Waals surface area contributed by atoms with Gasteiger partial charge in [-0.3, -0.25) is 9.79 Å². The molecular formula is C25H30N4O2. The van der Waals surface area contributed by atoms with Crippen molar-refractivity contribution in [2.45, 2.75) is 26.4 Å².